The van der Waals surface area contributed by atoms with Crippen molar-refractivity contribution >= 4 is 11.5 Å². The number of anilines is 2. The SMILES string of the molecule is c1cc(N2CCOCC2)ncc1NC1CCOC1. The molecule has 3 heterocycles. The molecule has 2 aliphatic heterocycles. The van der Waals surface area contributed by atoms with Gasteiger partial charge in [0.15, 0.2) is 0 Å². The molecule has 1 unspecified atom stereocenters. The van der Waals surface area contributed by atoms with E-state index in [0.29, 0.717) is 6.04 Å². The molecule has 18 heavy (non-hydrogen) atoms. The fourth-order valence-electron chi connectivity index (χ4n) is 2.34. The van der Waals surface area contributed by atoms with Gasteiger partial charge in [0.2, 0.25) is 0 Å². The van der Waals surface area contributed by atoms with Gasteiger partial charge in [-0.1, -0.05) is 0 Å². The van der Waals surface area contributed by atoms with E-state index < -0.39 is 0 Å². The smallest absolute Gasteiger partial charge is 0.128 e. The molecule has 0 radical (unpaired) electrons. The van der Waals surface area contributed by atoms with Crippen LogP contribution in [0.15, 0.2) is 18.3 Å². The molecule has 0 aliphatic carbocycles. The summed E-state index contributed by atoms with van der Waals surface area (Å²) in [5.41, 5.74) is 1.07. The van der Waals surface area contributed by atoms with Gasteiger partial charge in [-0.3, -0.25) is 0 Å². The standard InChI is InChI=1S/C13H19N3O2/c1-2-13(16-4-7-17-8-5-16)14-9-11(1)15-12-3-6-18-10-12/h1-2,9,12,15H,3-8,10H2. The summed E-state index contributed by atoms with van der Waals surface area (Å²) in [7, 11) is 0. The summed E-state index contributed by atoms with van der Waals surface area (Å²) in [5.74, 6) is 1.03. The second-order valence-electron chi connectivity index (χ2n) is 4.71. The van der Waals surface area contributed by atoms with E-state index in [1.807, 2.05) is 6.20 Å². The first kappa shape index (κ1) is 11.7. The molecule has 5 nitrogen and oxygen atoms in total. The van der Waals surface area contributed by atoms with Crippen LogP contribution in [0.2, 0.25) is 0 Å². The van der Waals surface area contributed by atoms with Gasteiger partial charge in [0, 0.05) is 19.7 Å². The molecule has 2 saturated heterocycles. The zero-order valence-electron chi connectivity index (χ0n) is 10.5. The van der Waals surface area contributed by atoms with E-state index in [1.54, 1.807) is 0 Å². The number of nitrogens with one attached hydrogen (secondary N) is 1. The largest absolute Gasteiger partial charge is 0.379 e. The molecule has 1 atom stereocenters. The molecule has 2 aliphatic rings. The zero-order valence-corrected chi connectivity index (χ0v) is 10.5. The summed E-state index contributed by atoms with van der Waals surface area (Å²) < 4.78 is 10.7. The zero-order chi connectivity index (χ0) is 12.2. The Bertz CT molecular complexity index is 370. The lowest BCUT2D eigenvalue weighted by Crippen LogP contribution is -2.36. The van der Waals surface area contributed by atoms with Crippen molar-refractivity contribution in [1.82, 2.24) is 4.98 Å². The van der Waals surface area contributed by atoms with E-state index >= 15 is 0 Å². The first-order valence-corrected chi connectivity index (χ1v) is 6.55. The number of hydrogen-bond donors (Lipinski definition) is 1. The van der Waals surface area contributed by atoms with Crippen molar-refractivity contribution in [2.24, 2.45) is 0 Å². The summed E-state index contributed by atoms with van der Waals surface area (Å²) in [6.45, 7) is 5.09. The Labute approximate surface area is 107 Å². The van der Waals surface area contributed by atoms with Gasteiger partial charge in [0.1, 0.15) is 5.82 Å². The maximum Gasteiger partial charge on any atom is 0.128 e. The van der Waals surface area contributed by atoms with Crippen molar-refractivity contribution in [3.8, 4) is 0 Å². The molecule has 98 valence electrons. The van der Waals surface area contributed by atoms with E-state index in [0.717, 1.165) is 57.4 Å². The van der Waals surface area contributed by atoms with Crippen LogP contribution < -0.4 is 10.2 Å². The second kappa shape index (κ2) is 5.54. The highest BCUT2D eigenvalue weighted by Crippen LogP contribution is 2.17. The van der Waals surface area contributed by atoms with Crippen molar-refractivity contribution in [2.45, 2.75) is 12.5 Å². The normalized spacial score (nSPS) is 24.2. The number of ether oxygens (including phenoxy) is 2. The molecule has 0 amide bonds. The maximum atomic E-state index is 5.34. The average Bonchev–Trinajstić information content (AvgIpc) is 2.94. The minimum Gasteiger partial charge on any atom is -0.379 e. The van der Waals surface area contributed by atoms with Gasteiger partial charge in [0.05, 0.1) is 37.7 Å². The third-order valence-electron chi connectivity index (χ3n) is 3.38. The number of aromatic nitrogens is 1. The van der Waals surface area contributed by atoms with Crippen molar-refractivity contribution in [3.63, 3.8) is 0 Å². The van der Waals surface area contributed by atoms with Gasteiger partial charge < -0.3 is 19.7 Å². The van der Waals surface area contributed by atoms with Crippen LogP contribution in [0.3, 0.4) is 0 Å². The highest BCUT2D eigenvalue weighted by Gasteiger charge is 2.16. The molecule has 1 N–H and O–H groups in total. The first-order chi connectivity index (χ1) is 8.92. The van der Waals surface area contributed by atoms with Gasteiger partial charge in [-0.15, -0.1) is 0 Å². The molecule has 0 bridgehead atoms. The third-order valence-corrected chi connectivity index (χ3v) is 3.38. The first-order valence-electron chi connectivity index (χ1n) is 6.55. The van der Waals surface area contributed by atoms with E-state index in [2.05, 4.69) is 27.3 Å². The molecular formula is C13H19N3O2. The number of pyridine rings is 1. The van der Waals surface area contributed by atoms with Crippen LogP contribution in [0.4, 0.5) is 11.5 Å². The van der Waals surface area contributed by atoms with Crippen LogP contribution in [-0.4, -0.2) is 50.5 Å². The van der Waals surface area contributed by atoms with Crippen LogP contribution >= 0.6 is 0 Å². The monoisotopic (exact) mass is 249 g/mol. The lowest BCUT2D eigenvalue weighted by Gasteiger charge is -2.27. The highest BCUT2D eigenvalue weighted by molar-refractivity contribution is 5.49. The predicted octanol–water partition coefficient (Wildman–Crippen LogP) is 1.12. The summed E-state index contributed by atoms with van der Waals surface area (Å²) >= 11 is 0. The Balaban J connectivity index is 1.60. The Morgan fingerprint density at radius 3 is 2.72 bits per heavy atom. The molecule has 1 aromatic rings. The molecule has 1 aromatic heterocycles. The number of hydrogen-bond acceptors (Lipinski definition) is 5. The Morgan fingerprint density at radius 2 is 2.06 bits per heavy atom. The summed E-state index contributed by atoms with van der Waals surface area (Å²) in [6, 6.07) is 4.60. The van der Waals surface area contributed by atoms with Crippen molar-refractivity contribution in [2.75, 3.05) is 49.7 Å². The van der Waals surface area contributed by atoms with E-state index in [1.165, 1.54) is 0 Å². The Morgan fingerprint density at radius 1 is 1.17 bits per heavy atom. The van der Waals surface area contributed by atoms with Crippen LogP contribution in [0.5, 0.6) is 0 Å². The van der Waals surface area contributed by atoms with E-state index in [9.17, 15) is 0 Å². The van der Waals surface area contributed by atoms with Gasteiger partial charge in [0.25, 0.3) is 0 Å². The minimum atomic E-state index is 0.432. The lowest BCUT2D eigenvalue weighted by molar-refractivity contribution is 0.122. The quantitative estimate of drug-likeness (QED) is 0.870. The van der Waals surface area contributed by atoms with Gasteiger partial charge in [-0.25, -0.2) is 4.98 Å². The van der Waals surface area contributed by atoms with Crippen LogP contribution in [0.25, 0.3) is 0 Å². The Hall–Kier alpha value is -1.33. The number of rotatable bonds is 3. The maximum absolute atomic E-state index is 5.34. The lowest BCUT2D eigenvalue weighted by atomic mass is 10.2. The van der Waals surface area contributed by atoms with Crippen molar-refractivity contribution < 1.29 is 9.47 Å². The summed E-state index contributed by atoms with van der Waals surface area (Å²) in [6.07, 6.45) is 2.98. The molecule has 5 heteroatoms. The van der Waals surface area contributed by atoms with Crippen LogP contribution in [-0.2, 0) is 9.47 Å². The summed E-state index contributed by atoms with van der Waals surface area (Å²) in [4.78, 5) is 6.77. The predicted molar refractivity (Wildman–Crippen MR) is 70.1 cm³/mol. The minimum absolute atomic E-state index is 0.432. The van der Waals surface area contributed by atoms with Crippen LogP contribution in [0.1, 0.15) is 6.42 Å². The molecule has 3 rings (SSSR count). The molecule has 0 saturated carbocycles. The molecular weight excluding hydrogens is 230 g/mol. The van der Waals surface area contributed by atoms with Crippen LogP contribution in [0, 0.1) is 0 Å². The van der Waals surface area contributed by atoms with Crippen molar-refractivity contribution in [3.05, 3.63) is 18.3 Å². The highest BCUT2D eigenvalue weighted by atomic mass is 16.5. The molecule has 2 fully saturated rings. The topological polar surface area (TPSA) is 46.6 Å². The Kier molecular flexibility index (Phi) is 3.61. The fraction of sp³-hybridized carbons (Fsp3) is 0.615. The summed E-state index contributed by atoms with van der Waals surface area (Å²) in [5, 5.41) is 3.44. The van der Waals surface area contributed by atoms with Crippen molar-refractivity contribution in [1.29, 1.82) is 0 Å². The number of morpholine rings is 1. The molecule has 0 aromatic carbocycles. The fourth-order valence-corrected chi connectivity index (χ4v) is 2.34. The molecule has 0 spiro atoms. The van der Waals surface area contributed by atoms with Gasteiger partial charge in [-0.05, 0) is 18.6 Å². The van der Waals surface area contributed by atoms with E-state index in [-0.39, 0.29) is 0 Å². The van der Waals surface area contributed by atoms with E-state index in [4.69, 9.17) is 9.47 Å². The average molecular weight is 249 g/mol. The van der Waals surface area contributed by atoms with Gasteiger partial charge in [-0.2, -0.15) is 0 Å². The number of nitrogens with zero attached hydrogens (tertiary/aromatic N) is 2. The third kappa shape index (κ3) is 2.73. The second-order valence-corrected chi connectivity index (χ2v) is 4.71. The van der Waals surface area contributed by atoms with Gasteiger partial charge >= 0.3 is 0 Å².